The zero-order valence-electron chi connectivity index (χ0n) is 26.9. The first-order valence-electron chi connectivity index (χ1n) is 14.6. The highest BCUT2D eigenvalue weighted by molar-refractivity contribution is 7.90. The van der Waals surface area contributed by atoms with Gasteiger partial charge in [-0.15, -0.1) is 0 Å². The molecular weight excluding hydrogens is 615 g/mol. The fraction of sp³-hybridized carbons (Fsp3) is 0.600. The van der Waals surface area contributed by atoms with Crippen LogP contribution in [-0.4, -0.2) is 86.8 Å². The van der Waals surface area contributed by atoms with Gasteiger partial charge in [-0.1, -0.05) is 47.1 Å². The van der Waals surface area contributed by atoms with Gasteiger partial charge in [0.05, 0.1) is 17.0 Å². The van der Waals surface area contributed by atoms with Crippen LogP contribution in [0, 0.1) is 11.3 Å². The lowest BCUT2D eigenvalue weighted by atomic mass is 9.84. The van der Waals surface area contributed by atoms with Crippen molar-refractivity contribution < 1.29 is 40.8 Å². The van der Waals surface area contributed by atoms with Gasteiger partial charge in [0.15, 0.2) is 0 Å². The van der Waals surface area contributed by atoms with Gasteiger partial charge in [-0.2, -0.15) is 13.2 Å². The van der Waals surface area contributed by atoms with Crippen LogP contribution in [0.4, 0.5) is 18.9 Å². The van der Waals surface area contributed by atoms with E-state index in [9.17, 15) is 40.8 Å². The van der Waals surface area contributed by atoms with Crippen molar-refractivity contribution in [2.24, 2.45) is 11.3 Å². The number of piperidine rings is 1. The Kier molecular flexibility index (Phi) is 12.4. The monoisotopic (exact) mass is 659 g/mol. The van der Waals surface area contributed by atoms with Crippen molar-refractivity contribution >= 4 is 39.3 Å². The highest BCUT2D eigenvalue weighted by Crippen LogP contribution is 2.25. The average Bonchev–Trinajstić information content (AvgIpc) is 2.92. The number of nitrogens with one attached hydrogen (secondary N) is 3. The normalized spacial score (nSPS) is 18.1. The van der Waals surface area contributed by atoms with Crippen LogP contribution in [-0.2, 0) is 29.2 Å². The van der Waals surface area contributed by atoms with Crippen molar-refractivity contribution in [1.82, 2.24) is 19.8 Å². The van der Waals surface area contributed by atoms with E-state index in [1.165, 1.54) is 17.9 Å². The van der Waals surface area contributed by atoms with E-state index in [0.717, 1.165) is 43.7 Å². The number of carbonyl (C=O) groups is 4. The van der Waals surface area contributed by atoms with Crippen LogP contribution in [0.15, 0.2) is 40.8 Å². The smallest absolute Gasteiger partial charge is 0.342 e. The standard InChI is InChI=1S/C30H44F3N5O6S/c1-18(2)23(38(8)27(41)24(29(4,5)6)35-26(40)22-11-9-10-16-37(22)7)17-19(3)25(39)36-45(43,44)21-14-12-20(13-15-21)34-28(42)30(31,32)33/h12-15,17-18,22-24H,9-11,16H2,1-8H3,(H,34,42)(H,35,40)(H,36,39)/b19-17+/t22-,23-,24-/m1/s1. The van der Waals surface area contributed by atoms with E-state index in [4.69, 9.17) is 0 Å². The summed E-state index contributed by atoms with van der Waals surface area (Å²) in [6, 6.07) is 1.92. The molecule has 0 spiro atoms. The zero-order chi connectivity index (χ0) is 34.5. The third-order valence-electron chi connectivity index (χ3n) is 7.64. The predicted octanol–water partition coefficient (Wildman–Crippen LogP) is 3.44. The molecule has 15 heteroatoms. The van der Waals surface area contributed by atoms with Crippen LogP contribution in [0.2, 0.25) is 0 Å². The number of hydrogen-bond donors (Lipinski definition) is 3. The molecule has 0 saturated carbocycles. The SMILES string of the molecule is C/C(=C\[C@H](C(C)C)N(C)C(=O)[C@@H](NC(=O)[C@H]1CCCCN1C)C(C)(C)C)C(=O)NS(=O)(=O)c1ccc(NC(=O)C(F)(F)F)cc1. The van der Waals surface area contributed by atoms with Crippen molar-refractivity contribution in [3.8, 4) is 0 Å². The van der Waals surface area contributed by atoms with Gasteiger partial charge in [0, 0.05) is 18.3 Å². The summed E-state index contributed by atoms with van der Waals surface area (Å²) in [7, 11) is -1.00. The summed E-state index contributed by atoms with van der Waals surface area (Å²) < 4.78 is 65.0. The minimum absolute atomic E-state index is 0.00818. The van der Waals surface area contributed by atoms with E-state index in [1.54, 1.807) is 12.4 Å². The molecule has 1 aromatic carbocycles. The Morgan fingerprint density at radius 3 is 2.11 bits per heavy atom. The lowest BCUT2D eigenvalue weighted by Crippen LogP contribution is -2.59. The van der Waals surface area contributed by atoms with E-state index in [0.29, 0.717) is 6.42 Å². The summed E-state index contributed by atoms with van der Waals surface area (Å²) in [5, 5.41) is 4.55. The molecule has 1 aliphatic rings. The van der Waals surface area contributed by atoms with Crippen molar-refractivity contribution in [2.75, 3.05) is 26.0 Å². The number of likely N-dealkylation sites (N-methyl/N-ethyl adjacent to an activating group) is 2. The summed E-state index contributed by atoms with van der Waals surface area (Å²) in [4.78, 5) is 54.1. The molecule has 0 aliphatic carbocycles. The molecule has 0 aromatic heterocycles. The number of halogens is 3. The molecule has 11 nitrogen and oxygen atoms in total. The summed E-state index contributed by atoms with van der Waals surface area (Å²) >= 11 is 0. The number of nitrogens with zero attached hydrogens (tertiary/aromatic N) is 2. The maximum Gasteiger partial charge on any atom is 0.471 e. The summed E-state index contributed by atoms with van der Waals surface area (Å²) in [6.07, 6.45) is -1.04. The van der Waals surface area contributed by atoms with Crippen LogP contribution < -0.4 is 15.4 Å². The number of carbonyl (C=O) groups excluding carboxylic acids is 4. The third kappa shape index (κ3) is 10.3. The molecule has 1 heterocycles. The van der Waals surface area contributed by atoms with Gasteiger partial charge in [-0.25, -0.2) is 13.1 Å². The quantitative estimate of drug-likeness (QED) is 0.327. The van der Waals surface area contributed by atoms with Crippen LogP contribution in [0.25, 0.3) is 0 Å². The molecule has 1 saturated heterocycles. The highest BCUT2D eigenvalue weighted by Gasteiger charge is 2.40. The first kappa shape index (κ1) is 37.7. The number of anilines is 1. The minimum atomic E-state index is -5.12. The molecular formula is C30H44F3N5O6S. The predicted molar refractivity (Wildman–Crippen MR) is 163 cm³/mol. The molecule has 0 bridgehead atoms. The molecule has 2 rings (SSSR count). The minimum Gasteiger partial charge on any atom is -0.342 e. The van der Waals surface area contributed by atoms with Crippen LogP contribution in [0.5, 0.6) is 0 Å². The van der Waals surface area contributed by atoms with Gasteiger partial charge in [0.25, 0.3) is 15.9 Å². The van der Waals surface area contributed by atoms with Gasteiger partial charge in [-0.05, 0) is 69.0 Å². The lowest BCUT2D eigenvalue weighted by Gasteiger charge is -2.39. The zero-order valence-corrected chi connectivity index (χ0v) is 27.7. The van der Waals surface area contributed by atoms with Crippen molar-refractivity contribution in [2.45, 2.75) is 90.0 Å². The highest BCUT2D eigenvalue weighted by atomic mass is 32.2. The van der Waals surface area contributed by atoms with Crippen LogP contribution in [0.3, 0.4) is 0 Å². The lowest BCUT2D eigenvalue weighted by molar-refractivity contribution is -0.167. The van der Waals surface area contributed by atoms with E-state index in [-0.39, 0.29) is 35.0 Å². The number of alkyl halides is 3. The van der Waals surface area contributed by atoms with Gasteiger partial charge < -0.3 is 15.5 Å². The second kappa shape index (κ2) is 14.8. The first-order valence-corrected chi connectivity index (χ1v) is 16.1. The topological polar surface area (TPSA) is 145 Å². The number of rotatable bonds is 10. The van der Waals surface area contributed by atoms with Crippen molar-refractivity contribution in [1.29, 1.82) is 0 Å². The van der Waals surface area contributed by atoms with E-state index >= 15 is 0 Å². The maximum atomic E-state index is 13.8. The first-order chi connectivity index (χ1) is 20.6. The molecule has 3 atom stereocenters. The molecule has 1 aromatic rings. The van der Waals surface area contributed by atoms with Gasteiger partial charge in [-0.3, -0.25) is 24.1 Å². The summed E-state index contributed by atoms with van der Waals surface area (Å²) in [5.74, 6) is -4.01. The van der Waals surface area contributed by atoms with Crippen molar-refractivity contribution in [3.63, 3.8) is 0 Å². The van der Waals surface area contributed by atoms with Crippen LogP contribution >= 0.6 is 0 Å². The van der Waals surface area contributed by atoms with Crippen molar-refractivity contribution in [3.05, 3.63) is 35.9 Å². The number of likely N-dealkylation sites (tertiary alicyclic amines) is 1. The summed E-state index contributed by atoms with van der Waals surface area (Å²) in [5.41, 5.74) is -0.946. The van der Waals surface area contributed by atoms with Gasteiger partial charge in [0.2, 0.25) is 11.8 Å². The molecule has 4 amide bonds. The molecule has 252 valence electrons. The Morgan fingerprint density at radius 2 is 1.62 bits per heavy atom. The Hall–Kier alpha value is -3.46. The third-order valence-corrected chi connectivity index (χ3v) is 8.98. The number of amides is 4. The maximum absolute atomic E-state index is 13.8. The number of sulfonamides is 1. The Morgan fingerprint density at radius 1 is 1.04 bits per heavy atom. The number of hydrogen-bond acceptors (Lipinski definition) is 7. The van der Waals surface area contributed by atoms with E-state index in [2.05, 4.69) is 5.32 Å². The second-order valence-electron chi connectivity index (χ2n) is 12.7. The van der Waals surface area contributed by atoms with E-state index in [1.807, 2.05) is 51.3 Å². The molecule has 0 unspecified atom stereocenters. The molecule has 3 N–H and O–H groups in total. The molecule has 0 radical (unpaired) electrons. The Bertz CT molecular complexity index is 1390. The Balaban J connectivity index is 2.22. The van der Waals surface area contributed by atoms with E-state index < -0.39 is 50.4 Å². The average molecular weight is 660 g/mol. The fourth-order valence-corrected chi connectivity index (χ4v) is 5.93. The Labute approximate surface area is 263 Å². The van der Waals surface area contributed by atoms with Gasteiger partial charge in [0.1, 0.15) is 6.04 Å². The fourth-order valence-electron chi connectivity index (χ4n) is 4.91. The van der Waals surface area contributed by atoms with Crippen LogP contribution in [0.1, 0.15) is 60.8 Å². The molecule has 1 fully saturated rings. The van der Waals surface area contributed by atoms with Gasteiger partial charge >= 0.3 is 12.1 Å². The second-order valence-corrected chi connectivity index (χ2v) is 14.4. The molecule has 1 aliphatic heterocycles. The summed E-state index contributed by atoms with van der Waals surface area (Å²) in [6.45, 7) is 11.4. The largest absolute Gasteiger partial charge is 0.471 e. The molecule has 45 heavy (non-hydrogen) atoms. The number of benzene rings is 1.